The zero-order valence-electron chi connectivity index (χ0n) is 10.5. The third kappa shape index (κ3) is 4.57. The Labute approximate surface area is 136 Å². The average Bonchev–Trinajstić information content (AvgIpc) is 2.65. The van der Waals surface area contributed by atoms with E-state index >= 15 is 0 Å². The molecule has 0 fully saturated rings. The maximum Gasteiger partial charge on any atom is 2.00 e. The van der Waals surface area contributed by atoms with Crippen LogP contribution in [-0.2, 0) is 21.7 Å². The molecule has 96 valence electrons. The van der Waals surface area contributed by atoms with Crippen LogP contribution in [-0.4, -0.2) is 5.11 Å². The molecule has 0 heterocycles. The van der Waals surface area contributed by atoms with Crippen molar-refractivity contribution in [1.82, 2.24) is 0 Å². The molecule has 1 nitrogen and oxygen atoms in total. The van der Waals surface area contributed by atoms with E-state index in [1.807, 2.05) is 25.1 Å². The first kappa shape index (κ1) is 20.3. The van der Waals surface area contributed by atoms with Crippen LogP contribution in [0.3, 0.4) is 0 Å². The van der Waals surface area contributed by atoms with Crippen LogP contribution >= 0.6 is 0 Å². The van der Waals surface area contributed by atoms with E-state index in [1.54, 1.807) is 0 Å². The van der Waals surface area contributed by atoms with E-state index in [-0.39, 0.29) is 46.5 Å². The first-order chi connectivity index (χ1) is 7.18. The summed E-state index contributed by atoms with van der Waals surface area (Å²) >= 11 is 0. The zero-order chi connectivity index (χ0) is 10.8. The summed E-state index contributed by atoms with van der Waals surface area (Å²) in [4.78, 5) is 0. The summed E-state index contributed by atoms with van der Waals surface area (Å²) < 4.78 is 0. The minimum absolute atomic E-state index is 0. The number of aliphatic hydroxyl groups excluding tert-OH is 1. The Hall–Kier alpha value is -0.0457. The van der Waals surface area contributed by atoms with Gasteiger partial charge in [-0.25, -0.2) is 0 Å². The first-order valence-electron chi connectivity index (χ1n) is 5.33. The van der Waals surface area contributed by atoms with Crippen molar-refractivity contribution >= 4 is 5.57 Å². The van der Waals surface area contributed by atoms with Gasteiger partial charge in [-0.3, -0.25) is 0 Å². The second kappa shape index (κ2) is 8.95. The molecule has 18 heavy (non-hydrogen) atoms. The normalized spacial score (nSPS) is 14.4. The van der Waals surface area contributed by atoms with Crippen LogP contribution in [0, 0.1) is 0 Å². The summed E-state index contributed by atoms with van der Waals surface area (Å²) in [5, 5.41) is 9.69. The minimum Gasteiger partial charge on any atom is -1.00 e. The second-order valence-corrected chi connectivity index (χ2v) is 4.09. The first-order valence-corrected chi connectivity index (χ1v) is 5.33. The second-order valence-electron chi connectivity index (χ2n) is 4.09. The van der Waals surface area contributed by atoms with Crippen molar-refractivity contribution in [3.05, 3.63) is 53.1 Å². The largest absolute Gasteiger partial charge is 2.00 e. The van der Waals surface area contributed by atoms with Crippen molar-refractivity contribution in [3.8, 4) is 0 Å². The van der Waals surface area contributed by atoms with Crippen LogP contribution < -0.4 is 24.8 Å². The van der Waals surface area contributed by atoms with Gasteiger partial charge >= 0.3 is 21.7 Å². The van der Waals surface area contributed by atoms with Crippen LogP contribution in [0.5, 0.6) is 0 Å². The van der Waals surface area contributed by atoms with Crippen LogP contribution in [0.4, 0.5) is 0 Å². The molecule has 0 aliphatic heterocycles. The number of benzene rings is 1. The van der Waals surface area contributed by atoms with Gasteiger partial charge in [0.25, 0.3) is 0 Å². The molecule has 0 spiro atoms. The van der Waals surface area contributed by atoms with Gasteiger partial charge in [0.05, 0.1) is 6.10 Å². The standard InChI is InChI=1S/C14H16O.2ClH.Ti/c1-10-7-8-12(9-10)14-6-4-3-5-13(14)11(2)15;;;/h3-7,9,11,15H,8H2,1-2H3;2*1H;/q;;;+2/p-2. The van der Waals surface area contributed by atoms with Crippen LogP contribution in [0.25, 0.3) is 5.57 Å². The molecule has 1 aliphatic rings. The monoisotopic (exact) mass is 318 g/mol. The fourth-order valence-corrected chi connectivity index (χ4v) is 2.01. The molecule has 0 aromatic heterocycles. The maximum absolute atomic E-state index is 9.69. The van der Waals surface area contributed by atoms with Crippen LogP contribution in [0.1, 0.15) is 37.5 Å². The van der Waals surface area contributed by atoms with Gasteiger partial charge in [0.2, 0.25) is 0 Å². The van der Waals surface area contributed by atoms with Gasteiger partial charge in [-0.2, -0.15) is 0 Å². The van der Waals surface area contributed by atoms with E-state index in [9.17, 15) is 5.11 Å². The average molecular weight is 319 g/mol. The quantitative estimate of drug-likeness (QED) is 0.597. The van der Waals surface area contributed by atoms with E-state index in [0.29, 0.717) is 0 Å². The third-order valence-corrected chi connectivity index (χ3v) is 2.80. The summed E-state index contributed by atoms with van der Waals surface area (Å²) in [7, 11) is 0. The Morgan fingerprint density at radius 1 is 1.17 bits per heavy atom. The summed E-state index contributed by atoms with van der Waals surface area (Å²) in [6.45, 7) is 3.92. The Kier molecular flexibility index (Phi) is 10.1. The molecule has 1 aliphatic carbocycles. The SMILES string of the molecule is CC1=CCC(c2ccccc2C(C)O)=C1.[Cl-].[Cl-].[Ti+2]. The van der Waals surface area contributed by atoms with Gasteiger partial charge in [-0.15, -0.1) is 0 Å². The molecule has 0 radical (unpaired) electrons. The Balaban J connectivity index is 0. The molecular weight excluding hydrogens is 303 g/mol. The van der Waals surface area contributed by atoms with Crippen molar-refractivity contribution in [1.29, 1.82) is 0 Å². The topological polar surface area (TPSA) is 20.2 Å². The fourth-order valence-electron chi connectivity index (χ4n) is 2.01. The number of aliphatic hydroxyl groups is 1. The summed E-state index contributed by atoms with van der Waals surface area (Å²) in [5.74, 6) is 0. The van der Waals surface area contributed by atoms with Crippen LogP contribution in [0.2, 0.25) is 0 Å². The van der Waals surface area contributed by atoms with Crippen molar-refractivity contribution < 1.29 is 51.6 Å². The van der Waals surface area contributed by atoms with E-state index in [4.69, 9.17) is 0 Å². The van der Waals surface area contributed by atoms with Crippen LogP contribution in [0.15, 0.2) is 42.0 Å². The van der Waals surface area contributed by atoms with Crippen molar-refractivity contribution in [3.63, 3.8) is 0 Å². The van der Waals surface area contributed by atoms with Crippen molar-refractivity contribution in [2.24, 2.45) is 0 Å². The number of allylic oxidation sites excluding steroid dienone is 4. The molecule has 1 aromatic carbocycles. The van der Waals surface area contributed by atoms with E-state index < -0.39 is 6.10 Å². The third-order valence-electron chi connectivity index (χ3n) is 2.80. The van der Waals surface area contributed by atoms with Crippen molar-refractivity contribution in [2.75, 3.05) is 0 Å². The summed E-state index contributed by atoms with van der Waals surface area (Å²) in [6, 6.07) is 8.08. The predicted molar refractivity (Wildman–Crippen MR) is 63.4 cm³/mol. The molecule has 0 bridgehead atoms. The molecule has 0 amide bonds. The molecule has 1 aromatic rings. The number of hydrogen-bond donors (Lipinski definition) is 1. The van der Waals surface area contributed by atoms with Gasteiger partial charge in [0.1, 0.15) is 0 Å². The Bertz CT molecular complexity index is 439. The molecule has 2 rings (SSSR count). The maximum atomic E-state index is 9.69. The summed E-state index contributed by atoms with van der Waals surface area (Å²) in [6.07, 6.45) is 4.99. The van der Waals surface area contributed by atoms with E-state index in [2.05, 4.69) is 25.1 Å². The Morgan fingerprint density at radius 2 is 1.78 bits per heavy atom. The molecule has 4 heteroatoms. The molecule has 1 unspecified atom stereocenters. The molecule has 1 N–H and O–H groups in total. The molecule has 0 saturated heterocycles. The number of hydrogen-bond acceptors (Lipinski definition) is 1. The molecular formula is C14H16Cl2OTi. The smallest absolute Gasteiger partial charge is 1.00 e. The predicted octanol–water partition coefficient (Wildman–Crippen LogP) is -2.52. The number of rotatable bonds is 2. The van der Waals surface area contributed by atoms with Crippen molar-refractivity contribution in [2.45, 2.75) is 26.4 Å². The Morgan fingerprint density at radius 3 is 2.28 bits per heavy atom. The zero-order valence-corrected chi connectivity index (χ0v) is 13.5. The van der Waals surface area contributed by atoms with E-state index in [1.165, 1.54) is 16.7 Å². The van der Waals surface area contributed by atoms with E-state index in [0.717, 1.165) is 12.0 Å². The van der Waals surface area contributed by atoms with Gasteiger partial charge < -0.3 is 29.9 Å². The van der Waals surface area contributed by atoms with Gasteiger partial charge in [0, 0.05) is 0 Å². The van der Waals surface area contributed by atoms with Gasteiger partial charge in [-0.1, -0.05) is 42.0 Å². The van der Waals surface area contributed by atoms with Gasteiger partial charge in [-0.05, 0) is 37.0 Å². The molecule has 0 saturated carbocycles. The minimum atomic E-state index is -0.400. The number of halogens is 2. The van der Waals surface area contributed by atoms with Gasteiger partial charge in [0.15, 0.2) is 0 Å². The summed E-state index contributed by atoms with van der Waals surface area (Å²) in [5.41, 5.74) is 4.82. The fraction of sp³-hybridized carbons (Fsp3) is 0.286. The molecule has 1 atom stereocenters.